The van der Waals surface area contributed by atoms with Crippen LogP contribution in [0.2, 0.25) is 0 Å². The zero-order valence-corrected chi connectivity index (χ0v) is 15.5. The summed E-state index contributed by atoms with van der Waals surface area (Å²) in [5.41, 5.74) is 1.78. The lowest BCUT2D eigenvalue weighted by Gasteiger charge is -2.30. The molecule has 0 aliphatic carbocycles. The summed E-state index contributed by atoms with van der Waals surface area (Å²) in [5, 5.41) is 15.0. The molecule has 1 amide bonds. The normalized spacial score (nSPS) is 21.4. The number of fused-ring (bicyclic) bond motifs is 1. The van der Waals surface area contributed by atoms with Gasteiger partial charge < -0.3 is 10.1 Å². The van der Waals surface area contributed by atoms with E-state index in [1.165, 1.54) is 18.1 Å². The summed E-state index contributed by atoms with van der Waals surface area (Å²) < 4.78 is 7.57. The zero-order chi connectivity index (χ0) is 18.5. The van der Waals surface area contributed by atoms with E-state index in [0.717, 1.165) is 52.2 Å². The van der Waals surface area contributed by atoms with Crippen LogP contribution in [0.1, 0.15) is 28.9 Å². The molecular weight excluding hydrogens is 344 g/mol. The van der Waals surface area contributed by atoms with Crippen LogP contribution in [0, 0.1) is 11.8 Å². The number of nitrogens with one attached hydrogen (secondary N) is 1. The first-order chi connectivity index (χ1) is 13.3. The van der Waals surface area contributed by atoms with Crippen LogP contribution in [0.4, 0.5) is 0 Å². The molecule has 2 aromatic heterocycles. The van der Waals surface area contributed by atoms with Gasteiger partial charge in [-0.2, -0.15) is 15.3 Å². The fourth-order valence-corrected chi connectivity index (χ4v) is 3.95. The van der Waals surface area contributed by atoms with Crippen LogP contribution in [-0.2, 0) is 17.8 Å². The maximum atomic E-state index is 12.3. The Kier molecular flexibility index (Phi) is 5.74. The molecule has 8 heteroatoms. The SMILES string of the molecule is O=C(NCC1CN(CC2CCOCC2)Cc2ccnn2C1)c1ccnnc1. The van der Waals surface area contributed by atoms with Crippen LogP contribution in [0.3, 0.4) is 0 Å². The molecule has 1 atom stereocenters. The molecular formula is C19H26N6O2. The molecule has 0 radical (unpaired) electrons. The molecule has 2 aromatic rings. The average Bonchev–Trinajstić information content (AvgIpc) is 3.06. The zero-order valence-electron chi connectivity index (χ0n) is 15.5. The summed E-state index contributed by atoms with van der Waals surface area (Å²) >= 11 is 0. The Morgan fingerprint density at radius 3 is 2.85 bits per heavy atom. The van der Waals surface area contributed by atoms with Crippen LogP contribution in [0.25, 0.3) is 0 Å². The second-order valence-corrected chi connectivity index (χ2v) is 7.46. The van der Waals surface area contributed by atoms with Crippen molar-refractivity contribution in [1.82, 2.24) is 30.2 Å². The molecule has 1 N–H and O–H groups in total. The van der Waals surface area contributed by atoms with Gasteiger partial charge in [0.15, 0.2) is 0 Å². The molecule has 4 heterocycles. The highest BCUT2D eigenvalue weighted by molar-refractivity contribution is 5.93. The molecule has 4 rings (SSSR count). The lowest BCUT2D eigenvalue weighted by Crippen LogP contribution is -2.39. The number of rotatable bonds is 5. The summed E-state index contributed by atoms with van der Waals surface area (Å²) in [6, 6.07) is 3.78. The molecule has 2 aliphatic rings. The van der Waals surface area contributed by atoms with Crippen molar-refractivity contribution in [2.24, 2.45) is 11.8 Å². The Morgan fingerprint density at radius 2 is 2.04 bits per heavy atom. The Balaban J connectivity index is 1.39. The Labute approximate surface area is 158 Å². The number of carbonyl (C=O) groups excluding carboxylic acids is 1. The Morgan fingerprint density at radius 1 is 1.15 bits per heavy atom. The standard InChI is InChI=1S/C19H26N6O2/c26-19(17-1-5-21-22-10-17)20-9-16-12-24(11-15-3-7-27-8-4-15)14-18-2-6-23-25(18)13-16/h1-2,5-6,10,15-16H,3-4,7-9,11-14H2,(H,20,26). The second-order valence-electron chi connectivity index (χ2n) is 7.46. The predicted octanol–water partition coefficient (Wildman–Crippen LogP) is 0.961. The van der Waals surface area contributed by atoms with Gasteiger partial charge in [0, 0.05) is 58.1 Å². The predicted molar refractivity (Wildman–Crippen MR) is 98.9 cm³/mol. The molecule has 1 unspecified atom stereocenters. The number of ether oxygens (including phenoxy) is 1. The maximum absolute atomic E-state index is 12.3. The van der Waals surface area contributed by atoms with Crippen molar-refractivity contribution in [2.75, 3.05) is 32.8 Å². The van der Waals surface area contributed by atoms with Gasteiger partial charge in [-0.3, -0.25) is 14.4 Å². The van der Waals surface area contributed by atoms with E-state index in [0.29, 0.717) is 23.9 Å². The summed E-state index contributed by atoms with van der Waals surface area (Å²) in [6.07, 6.45) is 7.15. The van der Waals surface area contributed by atoms with Crippen LogP contribution in [-0.4, -0.2) is 63.6 Å². The highest BCUT2D eigenvalue weighted by atomic mass is 16.5. The van der Waals surface area contributed by atoms with E-state index in [4.69, 9.17) is 4.74 Å². The number of hydrogen-bond acceptors (Lipinski definition) is 6. The van der Waals surface area contributed by atoms with Gasteiger partial charge in [0.25, 0.3) is 5.91 Å². The van der Waals surface area contributed by atoms with Crippen molar-refractivity contribution >= 4 is 5.91 Å². The largest absolute Gasteiger partial charge is 0.381 e. The van der Waals surface area contributed by atoms with Crippen LogP contribution in [0.5, 0.6) is 0 Å². The second kappa shape index (κ2) is 8.58. The summed E-state index contributed by atoms with van der Waals surface area (Å²) in [4.78, 5) is 14.9. The molecule has 0 aromatic carbocycles. The molecule has 144 valence electrons. The van der Waals surface area contributed by atoms with Crippen molar-refractivity contribution in [3.8, 4) is 0 Å². The summed E-state index contributed by atoms with van der Waals surface area (Å²) in [5.74, 6) is 0.891. The van der Waals surface area contributed by atoms with E-state index in [9.17, 15) is 4.79 Å². The summed E-state index contributed by atoms with van der Waals surface area (Å²) in [7, 11) is 0. The number of aromatic nitrogens is 4. The lowest BCUT2D eigenvalue weighted by molar-refractivity contribution is 0.0494. The molecule has 1 fully saturated rings. The molecule has 0 saturated carbocycles. The third-order valence-corrected chi connectivity index (χ3v) is 5.39. The average molecular weight is 370 g/mol. The van der Waals surface area contributed by atoms with E-state index < -0.39 is 0 Å². The van der Waals surface area contributed by atoms with E-state index >= 15 is 0 Å². The fourth-order valence-electron chi connectivity index (χ4n) is 3.95. The van der Waals surface area contributed by atoms with Gasteiger partial charge in [-0.15, -0.1) is 0 Å². The van der Waals surface area contributed by atoms with Crippen molar-refractivity contribution in [1.29, 1.82) is 0 Å². The smallest absolute Gasteiger partial charge is 0.252 e. The highest BCUT2D eigenvalue weighted by Gasteiger charge is 2.25. The third kappa shape index (κ3) is 4.70. The van der Waals surface area contributed by atoms with Gasteiger partial charge in [0.05, 0.1) is 23.7 Å². The minimum Gasteiger partial charge on any atom is -0.381 e. The molecule has 0 bridgehead atoms. The number of nitrogens with zero attached hydrogens (tertiary/aromatic N) is 5. The molecule has 2 aliphatic heterocycles. The first-order valence-corrected chi connectivity index (χ1v) is 9.63. The van der Waals surface area contributed by atoms with Crippen LogP contribution in [0.15, 0.2) is 30.7 Å². The molecule has 0 spiro atoms. The van der Waals surface area contributed by atoms with Crippen LogP contribution < -0.4 is 5.32 Å². The van der Waals surface area contributed by atoms with Gasteiger partial charge in [0.2, 0.25) is 0 Å². The summed E-state index contributed by atoms with van der Waals surface area (Å²) in [6.45, 7) is 6.12. The van der Waals surface area contributed by atoms with E-state index in [1.54, 1.807) is 6.07 Å². The van der Waals surface area contributed by atoms with Gasteiger partial charge in [-0.05, 0) is 30.9 Å². The van der Waals surface area contributed by atoms with Crippen LogP contribution >= 0.6 is 0 Å². The minimum atomic E-state index is -0.106. The molecule has 1 saturated heterocycles. The quantitative estimate of drug-likeness (QED) is 0.844. The number of hydrogen-bond donors (Lipinski definition) is 1. The number of carbonyl (C=O) groups is 1. The molecule has 8 nitrogen and oxygen atoms in total. The van der Waals surface area contributed by atoms with E-state index in [1.807, 2.05) is 6.20 Å². The van der Waals surface area contributed by atoms with Crippen molar-refractivity contribution < 1.29 is 9.53 Å². The van der Waals surface area contributed by atoms with Crippen molar-refractivity contribution in [3.05, 3.63) is 42.0 Å². The molecule has 27 heavy (non-hydrogen) atoms. The van der Waals surface area contributed by atoms with E-state index in [2.05, 4.69) is 36.3 Å². The Hall–Kier alpha value is -2.32. The highest BCUT2D eigenvalue weighted by Crippen LogP contribution is 2.21. The third-order valence-electron chi connectivity index (χ3n) is 5.39. The lowest BCUT2D eigenvalue weighted by atomic mass is 9.99. The van der Waals surface area contributed by atoms with Gasteiger partial charge in [0.1, 0.15) is 0 Å². The topological polar surface area (TPSA) is 85.2 Å². The van der Waals surface area contributed by atoms with E-state index in [-0.39, 0.29) is 5.91 Å². The first kappa shape index (κ1) is 18.1. The van der Waals surface area contributed by atoms with Crippen molar-refractivity contribution in [3.63, 3.8) is 0 Å². The van der Waals surface area contributed by atoms with Crippen molar-refractivity contribution in [2.45, 2.75) is 25.9 Å². The fraction of sp³-hybridized carbons (Fsp3) is 0.579. The number of amides is 1. The monoisotopic (exact) mass is 370 g/mol. The first-order valence-electron chi connectivity index (χ1n) is 9.63. The van der Waals surface area contributed by atoms with Gasteiger partial charge in [-0.1, -0.05) is 0 Å². The van der Waals surface area contributed by atoms with Gasteiger partial charge >= 0.3 is 0 Å². The minimum absolute atomic E-state index is 0.106. The Bertz CT molecular complexity index is 744. The maximum Gasteiger partial charge on any atom is 0.252 e. The van der Waals surface area contributed by atoms with Gasteiger partial charge in [-0.25, -0.2) is 0 Å².